The van der Waals surface area contributed by atoms with Crippen molar-refractivity contribution in [3.63, 3.8) is 0 Å². The predicted molar refractivity (Wildman–Crippen MR) is 105 cm³/mol. The van der Waals surface area contributed by atoms with E-state index in [1.807, 2.05) is 18.2 Å². The average Bonchev–Trinajstić information content (AvgIpc) is 2.99. The molecular weight excluding hydrogens is 386 g/mol. The lowest BCUT2D eigenvalue weighted by Crippen LogP contribution is -2.14. The molecule has 0 unspecified atom stereocenters. The number of benzene rings is 2. The summed E-state index contributed by atoms with van der Waals surface area (Å²) in [5, 5.41) is 3.85. The van der Waals surface area contributed by atoms with Crippen molar-refractivity contribution in [1.29, 1.82) is 0 Å². The molecule has 1 N–H and O–H groups in total. The number of anilines is 1. The van der Waals surface area contributed by atoms with Crippen molar-refractivity contribution in [2.45, 2.75) is 11.8 Å². The minimum atomic E-state index is -3.34. The van der Waals surface area contributed by atoms with Crippen LogP contribution in [0.4, 0.5) is 5.00 Å². The smallest absolute Gasteiger partial charge is 0.341 e. The molecule has 0 aliphatic carbocycles. The summed E-state index contributed by atoms with van der Waals surface area (Å²) in [5.74, 6) is -0.940. The number of fused-ring (bicyclic) bond motifs is 1. The van der Waals surface area contributed by atoms with Gasteiger partial charge in [0.1, 0.15) is 10.6 Å². The van der Waals surface area contributed by atoms with Crippen molar-refractivity contribution in [2.24, 2.45) is 0 Å². The maximum atomic E-state index is 12.6. The van der Waals surface area contributed by atoms with Gasteiger partial charge in [0.2, 0.25) is 0 Å². The number of sulfone groups is 1. The number of carbonyl (C=O) groups excluding carboxylic acids is 2. The molecular formula is C19H17NO5S2. The molecule has 6 nitrogen and oxygen atoms in total. The van der Waals surface area contributed by atoms with Gasteiger partial charge in [0.05, 0.1) is 11.5 Å². The molecule has 0 bridgehead atoms. The van der Waals surface area contributed by atoms with Gasteiger partial charge in [-0.2, -0.15) is 0 Å². The summed E-state index contributed by atoms with van der Waals surface area (Å²) in [6, 6.07) is 12.9. The first-order valence-electron chi connectivity index (χ1n) is 8.11. The average molecular weight is 403 g/mol. The molecule has 1 aromatic heterocycles. The summed E-state index contributed by atoms with van der Waals surface area (Å²) in [6.45, 7) is 1.94. The molecule has 1 amide bonds. The van der Waals surface area contributed by atoms with Crippen molar-refractivity contribution < 1.29 is 22.7 Å². The Kier molecular flexibility index (Phi) is 5.29. The number of thiophene rings is 1. The van der Waals surface area contributed by atoms with E-state index in [2.05, 4.69) is 5.32 Å². The quantitative estimate of drug-likeness (QED) is 0.656. The van der Waals surface area contributed by atoms with Crippen molar-refractivity contribution in [1.82, 2.24) is 0 Å². The van der Waals surface area contributed by atoms with E-state index >= 15 is 0 Å². The summed E-state index contributed by atoms with van der Waals surface area (Å²) in [6.07, 6.45) is 1.10. The second-order valence-electron chi connectivity index (χ2n) is 5.77. The third-order valence-electron chi connectivity index (χ3n) is 3.85. The van der Waals surface area contributed by atoms with Gasteiger partial charge in [-0.1, -0.05) is 18.2 Å². The van der Waals surface area contributed by atoms with Gasteiger partial charge in [-0.25, -0.2) is 13.2 Å². The summed E-state index contributed by atoms with van der Waals surface area (Å²) in [7, 11) is -3.34. The minimum Gasteiger partial charge on any atom is -0.462 e. The van der Waals surface area contributed by atoms with Crippen molar-refractivity contribution >= 4 is 48.1 Å². The van der Waals surface area contributed by atoms with Gasteiger partial charge in [-0.3, -0.25) is 4.79 Å². The van der Waals surface area contributed by atoms with Gasteiger partial charge in [0.15, 0.2) is 9.84 Å². The van der Waals surface area contributed by atoms with Gasteiger partial charge < -0.3 is 10.1 Å². The number of carbonyl (C=O) groups is 2. The van der Waals surface area contributed by atoms with Crippen LogP contribution in [0.1, 0.15) is 27.6 Å². The van der Waals surface area contributed by atoms with Crippen molar-refractivity contribution in [2.75, 3.05) is 18.2 Å². The Bertz CT molecular complexity index is 1110. The Morgan fingerprint density at radius 3 is 2.37 bits per heavy atom. The van der Waals surface area contributed by atoms with Crippen LogP contribution in [0.3, 0.4) is 0 Å². The summed E-state index contributed by atoms with van der Waals surface area (Å²) >= 11 is 1.28. The predicted octanol–water partition coefficient (Wildman–Crippen LogP) is 3.73. The highest BCUT2D eigenvalue weighted by atomic mass is 32.2. The maximum Gasteiger partial charge on any atom is 0.341 e. The first kappa shape index (κ1) is 19.1. The molecule has 0 saturated heterocycles. The van der Waals surface area contributed by atoms with Crippen LogP contribution in [0.15, 0.2) is 53.4 Å². The van der Waals surface area contributed by atoms with Gasteiger partial charge in [-0.15, -0.1) is 11.3 Å². The van der Waals surface area contributed by atoms with Crippen LogP contribution < -0.4 is 5.32 Å². The van der Waals surface area contributed by atoms with Crippen LogP contribution in [0.2, 0.25) is 0 Å². The zero-order valence-corrected chi connectivity index (χ0v) is 16.3. The van der Waals surface area contributed by atoms with Crippen LogP contribution >= 0.6 is 11.3 Å². The molecule has 0 aliphatic heterocycles. The van der Waals surface area contributed by atoms with E-state index in [1.54, 1.807) is 13.0 Å². The number of esters is 1. The Hall–Kier alpha value is -2.71. The topological polar surface area (TPSA) is 89.5 Å². The fraction of sp³-hybridized carbons (Fsp3) is 0.158. The SMILES string of the molecule is CCOC(=O)c1c(NC(=O)c2ccc(S(C)(=O)=O)cc2)sc2ccccc12. The molecule has 0 aliphatic rings. The van der Waals surface area contributed by atoms with Crippen LogP contribution in [0, 0.1) is 0 Å². The Morgan fingerprint density at radius 2 is 1.74 bits per heavy atom. The fourth-order valence-corrected chi connectivity index (χ4v) is 4.28. The minimum absolute atomic E-state index is 0.133. The van der Waals surface area contributed by atoms with Gasteiger partial charge >= 0.3 is 5.97 Å². The number of hydrogen-bond acceptors (Lipinski definition) is 6. The Labute approximate surface area is 160 Å². The molecule has 0 atom stereocenters. The standard InChI is InChI=1S/C19H17NO5S2/c1-3-25-19(22)16-14-6-4-5-7-15(14)26-18(16)20-17(21)12-8-10-13(11-9-12)27(2,23)24/h4-11H,3H2,1-2H3,(H,20,21). The lowest BCUT2D eigenvalue weighted by Gasteiger charge is -2.07. The molecule has 3 aromatic rings. The molecule has 0 saturated carbocycles. The number of nitrogens with one attached hydrogen (secondary N) is 1. The van der Waals surface area contributed by atoms with E-state index in [9.17, 15) is 18.0 Å². The van der Waals surface area contributed by atoms with Crippen molar-refractivity contribution in [3.8, 4) is 0 Å². The molecule has 0 radical (unpaired) electrons. The van der Waals surface area contributed by atoms with Gasteiger partial charge in [-0.05, 0) is 37.3 Å². The van der Waals surface area contributed by atoms with Gasteiger partial charge in [0, 0.05) is 21.9 Å². The highest BCUT2D eigenvalue weighted by Crippen LogP contribution is 2.36. The fourth-order valence-electron chi connectivity index (χ4n) is 2.57. The highest BCUT2D eigenvalue weighted by Gasteiger charge is 2.22. The normalized spacial score (nSPS) is 11.3. The van der Waals surface area contributed by atoms with Crippen LogP contribution in [-0.2, 0) is 14.6 Å². The highest BCUT2D eigenvalue weighted by molar-refractivity contribution is 7.90. The van der Waals surface area contributed by atoms with E-state index in [0.29, 0.717) is 16.0 Å². The lowest BCUT2D eigenvalue weighted by atomic mass is 10.1. The molecule has 1 heterocycles. The Morgan fingerprint density at radius 1 is 1.07 bits per heavy atom. The van der Waals surface area contributed by atoms with Crippen LogP contribution in [-0.4, -0.2) is 33.2 Å². The largest absolute Gasteiger partial charge is 0.462 e. The van der Waals surface area contributed by atoms with E-state index in [-0.39, 0.29) is 17.1 Å². The molecule has 0 fully saturated rings. The molecule has 3 rings (SSSR count). The summed E-state index contributed by atoms with van der Waals surface area (Å²) in [4.78, 5) is 25.1. The van der Waals surface area contributed by atoms with E-state index in [1.165, 1.54) is 35.6 Å². The number of ether oxygens (including phenoxy) is 1. The second kappa shape index (κ2) is 7.50. The third-order valence-corrected chi connectivity index (χ3v) is 6.06. The van der Waals surface area contributed by atoms with Gasteiger partial charge in [0.25, 0.3) is 5.91 Å². The zero-order chi connectivity index (χ0) is 19.6. The molecule has 2 aromatic carbocycles. The van der Waals surface area contributed by atoms with E-state index in [4.69, 9.17) is 4.74 Å². The van der Waals surface area contributed by atoms with Crippen LogP contribution in [0.5, 0.6) is 0 Å². The molecule has 8 heteroatoms. The third kappa shape index (κ3) is 4.01. The molecule has 140 valence electrons. The zero-order valence-electron chi connectivity index (χ0n) is 14.7. The number of hydrogen-bond donors (Lipinski definition) is 1. The maximum absolute atomic E-state index is 12.6. The summed E-state index contributed by atoms with van der Waals surface area (Å²) in [5.41, 5.74) is 0.605. The second-order valence-corrected chi connectivity index (χ2v) is 8.84. The number of amides is 1. The van der Waals surface area contributed by atoms with Crippen molar-refractivity contribution in [3.05, 3.63) is 59.7 Å². The summed E-state index contributed by atoms with van der Waals surface area (Å²) < 4.78 is 29.0. The lowest BCUT2D eigenvalue weighted by molar-refractivity contribution is 0.0530. The first-order chi connectivity index (χ1) is 12.8. The van der Waals surface area contributed by atoms with E-state index < -0.39 is 21.7 Å². The molecule has 27 heavy (non-hydrogen) atoms. The Balaban J connectivity index is 1.95. The molecule has 0 spiro atoms. The number of rotatable bonds is 5. The van der Waals surface area contributed by atoms with Crippen LogP contribution in [0.25, 0.3) is 10.1 Å². The van der Waals surface area contributed by atoms with E-state index in [0.717, 1.165) is 11.0 Å². The monoisotopic (exact) mass is 403 g/mol. The first-order valence-corrected chi connectivity index (χ1v) is 10.8.